The number of carbonyl (C=O) groups is 2. The van der Waals surface area contributed by atoms with E-state index in [0.717, 1.165) is 11.1 Å². The van der Waals surface area contributed by atoms with E-state index < -0.39 is 5.91 Å². The number of carbonyl (C=O) groups excluding carboxylic acids is 2. The molecule has 1 unspecified atom stereocenters. The molecule has 1 heterocycles. The molecule has 1 fully saturated rings. The standard InChI is InChI=1S/C22H26FN3O3/c23-19-8-6-18(7-9-19)20-15-25(12-13-29-20)16-22(28)26(11-10-21(24)27)14-17-4-2-1-3-5-17/h1-9,20H,10-16H2,(H2,24,27). The van der Waals surface area contributed by atoms with Gasteiger partial charge >= 0.3 is 0 Å². The first-order valence-corrected chi connectivity index (χ1v) is 9.70. The summed E-state index contributed by atoms with van der Waals surface area (Å²) in [7, 11) is 0. The maximum atomic E-state index is 13.2. The Morgan fingerprint density at radius 3 is 2.55 bits per heavy atom. The van der Waals surface area contributed by atoms with Crippen molar-refractivity contribution in [3.8, 4) is 0 Å². The fourth-order valence-electron chi connectivity index (χ4n) is 3.36. The number of benzene rings is 2. The Balaban J connectivity index is 1.62. The zero-order valence-electron chi connectivity index (χ0n) is 16.3. The SMILES string of the molecule is NC(=O)CCN(Cc1ccccc1)C(=O)CN1CCOC(c2ccc(F)cc2)C1. The third-order valence-corrected chi connectivity index (χ3v) is 4.95. The number of nitrogens with zero attached hydrogens (tertiary/aromatic N) is 2. The maximum Gasteiger partial charge on any atom is 0.237 e. The van der Waals surface area contributed by atoms with Crippen LogP contribution < -0.4 is 5.73 Å². The van der Waals surface area contributed by atoms with Crippen LogP contribution in [0.1, 0.15) is 23.7 Å². The van der Waals surface area contributed by atoms with Gasteiger partial charge in [-0.25, -0.2) is 4.39 Å². The van der Waals surface area contributed by atoms with Crippen LogP contribution >= 0.6 is 0 Å². The van der Waals surface area contributed by atoms with Gasteiger partial charge in [0.1, 0.15) is 5.82 Å². The van der Waals surface area contributed by atoms with Gasteiger partial charge in [0.05, 0.1) is 19.3 Å². The minimum atomic E-state index is -0.432. The average Bonchev–Trinajstić information content (AvgIpc) is 2.72. The highest BCUT2D eigenvalue weighted by Crippen LogP contribution is 2.22. The predicted molar refractivity (Wildman–Crippen MR) is 107 cm³/mol. The van der Waals surface area contributed by atoms with Crippen molar-refractivity contribution in [2.45, 2.75) is 19.1 Å². The molecule has 0 spiro atoms. The lowest BCUT2D eigenvalue weighted by Gasteiger charge is -2.34. The largest absolute Gasteiger partial charge is 0.371 e. The normalized spacial score (nSPS) is 17.1. The molecule has 2 aromatic rings. The molecule has 0 bridgehead atoms. The van der Waals surface area contributed by atoms with Gasteiger partial charge in [-0.1, -0.05) is 42.5 Å². The summed E-state index contributed by atoms with van der Waals surface area (Å²) in [5, 5.41) is 0. The van der Waals surface area contributed by atoms with Crippen molar-refractivity contribution in [3.05, 3.63) is 71.5 Å². The summed E-state index contributed by atoms with van der Waals surface area (Å²) in [6, 6.07) is 15.9. The highest BCUT2D eigenvalue weighted by atomic mass is 19.1. The molecular weight excluding hydrogens is 373 g/mol. The van der Waals surface area contributed by atoms with Gasteiger partial charge in [0.2, 0.25) is 11.8 Å². The summed E-state index contributed by atoms with van der Waals surface area (Å²) < 4.78 is 19.0. The summed E-state index contributed by atoms with van der Waals surface area (Å²) in [5.41, 5.74) is 7.17. The van der Waals surface area contributed by atoms with Gasteiger partial charge in [-0.15, -0.1) is 0 Å². The van der Waals surface area contributed by atoms with E-state index in [1.807, 2.05) is 35.2 Å². The molecule has 0 aliphatic carbocycles. The van der Waals surface area contributed by atoms with E-state index in [4.69, 9.17) is 10.5 Å². The molecule has 1 aliphatic rings. The number of rotatable bonds is 8. The van der Waals surface area contributed by atoms with Crippen LogP contribution in [0.2, 0.25) is 0 Å². The van der Waals surface area contributed by atoms with Gasteiger partial charge in [0.15, 0.2) is 0 Å². The van der Waals surface area contributed by atoms with Crippen molar-refractivity contribution in [2.75, 3.05) is 32.8 Å². The van der Waals surface area contributed by atoms with Gasteiger partial charge in [-0.2, -0.15) is 0 Å². The topological polar surface area (TPSA) is 75.9 Å². The smallest absolute Gasteiger partial charge is 0.237 e. The third-order valence-electron chi connectivity index (χ3n) is 4.95. The van der Waals surface area contributed by atoms with Crippen LogP contribution in [0.5, 0.6) is 0 Å². The van der Waals surface area contributed by atoms with Crippen LogP contribution in [-0.4, -0.2) is 54.4 Å². The number of morpholine rings is 1. The second kappa shape index (κ2) is 10.1. The van der Waals surface area contributed by atoms with Gasteiger partial charge in [0.25, 0.3) is 0 Å². The number of nitrogens with two attached hydrogens (primary N) is 1. The highest BCUT2D eigenvalue weighted by Gasteiger charge is 2.25. The molecule has 3 rings (SSSR count). The molecule has 7 heteroatoms. The number of hydrogen-bond acceptors (Lipinski definition) is 4. The van der Waals surface area contributed by atoms with Crippen LogP contribution in [-0.2, 0) is 20.9 Å². The minimum absolute atomic E-state index is 0.0603. The Labute approximate surface area is 170 Å². The monoisotopic (exact) mass is 399 g/mol. The van der Waals surface area contributed by atoms with E-state index in [9.17, 15) is 14.0 Å². The van der Waals surface area contributed by atoms with Crippen molar-refractivity contribution in [1.29, 1.82) is 0 Å². The van der Waals surface area contributed by atoms with Gasteiger partial charge in [-0.05, 0) is 23.3 Å². The summed E-state index contributed by atoms with van der Waals surface area (Å²) >= 11 is 0. The Bertz CT molecular complexity index is 814. The summed E-state index contributed by atoms with van der Waals surface area (Å²) in [6.45, 7) is 2.63. The minimum Gasteiger partial charge on any atom is -0.371 e. The molecule has 1 atom stereocenters. The highest BCUT2D eigenvalue weighted by molar-refractivity contribution is 5.79. The molecule has 1 aliphatic heterocycles. The summed E-state index contributed by atoms with van der Waals surface area (Å²) in [4.78, 5) is 27.9. The Morgan fingerprint density at radius 2 is 1.86 bits per heavy atom. The van der Waals surface area contributed by atoms with Crippen molar-refractivity contribution >= 4 is 11.8 Å². The molecule has 1 saturated heterocycles. The van der Waals surface area contributed by atoms with E-state index >= 15 is 0 Å². The molecule has 0 radical (unpaired) electrons. The van der Waals surface area contributed by atoms with E-state index in [1.54, 1.807) is 17.0 Å². The van der Waals surface area contributed by atoms with E-state index in [0.29, 0.717) is 26.2 Å². The Kier molecular flexibility index (Phi) is 7.32. The summed E-state index contributed by atoms with van der Waals surface area (Å²) in [6.07, 6.45) is -0.0785. The van der Waals surface area contributed by atoms with Gasteiger partial charge < -0.3 is 15.4 Å². The van der Waals surface area contributed by atoms with Crippen LogP contribution in [0.15, 0.2) is 54.6 Å². The lowest BCUT2D eigenvalue weighted by molar-refractivity contribution is -0.135. The zero-order valence-corrected chi connectivity index (χ0v) is 16.3. The first kappa shape index (κ1) is 21.0. The molecule has 2 amide bonds. The molecule has 154 valence electrons. The number of amides is 2. The Hall–Kier alpha value is -2.77. The zero-order chi connectivity index (χ0) is 20.6. The van der Waals surface area contributed by atoms with Crippen molar-refractivity contribution < 1.29 is 18.7 Å². The van der Waals surface area contributed by atoms with Crippen LogP contribution in [0, 0.1) is 5.82 Å². The molecule has 0 aromatic heterocycles. The quantitative estimate of drug-likeness (QED) is 0.738. The van der Waals surface area contributed by atoms with Crippen molar-refractivity contribution in [1.82, 2.24) is 9.80 Å². The first-order chi connectivity index (χ1) is 14.0. The molecule has 0 saturated carbocycles. The number of ether oxygens (including phenoxy) is 1. The fourth-order valence-corrected chi connectivity index (χ4v) is 3.36. The Morgan fingerprint density at radius 1 is 1.14 bits per heavy atom. The fraction of sp³-hybridized carbons (Fsp3) is 0.364. The second-order valence-electron chi connectivity index (χ2n) is 7.16. The molecule has 2 N–H and O–H groups in total. The predicted octanol–water partition coefficient (Wildman–Crippen LogP) is 2.10. The van der Waals surface area contributed by atoms with Gasteiger partial charge in [0, 0.05) is 32.6 Å². The van der Waals surface area contributed by atoms with Gasteiger partial charge in [-0.3, -0.25) is 14.5 Å². The van der Waals surface area contributed by atoms with E-state index in [1.165, 1.54) is 12.1 Å². The lowest BCUT2D eigenvalue weighted by atomic mass is 10.1. The second-order valence-corrected chi connectivity index (χ2v) is 7.16. The average molecular weight is 399 g/mol. The summed E-state index contributed by atoms with van der Waals surface area (Å²) in [5.74, 6) is -0.781. The molecule has 2 aromatic carbocycles. The number of halogens is 1. The first-order valence-electron chi connectivity index (χ1n) is 9.70. The van der Waals surface area contributed by atoms with Crippen molar-refractivity contribution in [3.63, 3.8) is 0 Å². The lowest BCUT2D eigenvalue weighted by Crippen LogP contribution is -2.46. The number of primary amides is 1. The van der Waals surface area contributed by atoms with E-state index in [2.05, 4.69) is 0 Å². The molecule has 29 heavy (non-hydrogen) atoms. The maximum absolute atomic E-state index is 13.2. The molecule has 6 nitrogen and oxygen atoms in total. The third kappa shape index (κ3) is 6.37. The van der Waals surface area contributed by atoms with Crippen molar-refractivity contribution in [2.24, 2.45) is 5.73 Å². The van der Waals surface area contributed by atoms with E-state index in [-0.39, 0.29) is 37.3 Å². The van der Waals surface area contributed by atoms with Crippen LogP contribution in [0.4, 0.5) is 4.39 Å². The van der Waals surface area contributed by atoms with Crippen LogP contribution in [0.25, 0.3) is 0 Å². The molecular formula is C22H26FN3O3. The number of hydrogen-bond donors (Lipinski definition) is 1. The van der Waals surface area contributed by atoms with Crippen LogP contribution in [0.3, 0.4) is 0 Å².